The lowest BCUT2D eigenvalue weighted by molar-refractivity contribution is -0.124. The first-order valence-electron chi connectivity index (χ1n) is 5.70. The Labute approximate surface area is 118 Å². The number of amides is 1. The second-order valence-corrected chi connectivity index (χ2v) is 4.86. The van der Waals surface area contributed by atoms with Crippen LogP contribution in [0.15, 0.2) is 29.1 Å². The number of rotatable bonds is 4. The Kier molecular flexibility index (Phi) is 4.11. The molecule has 0 bridgehead atoms. The molecule has 0 saturated heterocycles. The number of aryl methyl sites for hydroxylation is 1. The molecule has 20 heavy (non-hydrogen) atoms. The van der Waals surface area contributed by atoms with Crippen molar-refractivity contribution in [3.8, 4) is 0 Å². The van der Waals surface area contributed by atoms with E-state index < -0.39 is 18.0 Å². The van der Waals surface area contributed by atoms with E-state index in [9.17, 15) is 14.7 Å². The van der Waals surface area contributed by atoms with Gasteiger partial charge in [-0.05, 0) is 24.1 Å². The van der Waals surface area contributed by atoms with Crippen LogP contribution < -0.4 is 5.32 Å². The first-order chi connectivity index (χ1) is 9.49. The lowest BCUT2D eigenvalue weighted by Gasteiger charge is -2.12. The van der Waals surface area contributed by atoms with E-state index in [1.165, 1.54) is 29.5 Å². The molecule has 104 valence electrons. The first-order valence-corrected chi connectivity index (χ1v) is 6.64. The average molecular weight is 292 g/mol. The van der Waals surface area contributed by atoms with Crippen LogP contribution in [0.2, 0.25) is 0 Å². The van der Waals surface area contributed by atoms with Gasteiger partial charge in [-0.25, -0.2) is 9.78 Å². The van der Waals surface area contributed by atoms with E-state index in [-0.39, 0.29) is 5.56 Å². The second kappa shape index (κ2) is 5.81. The van der Waals surface area contributed by atoms with E-state index in [0.717, 1.165) is 0 Å². The lowest BCUT2D eigenvalue weighted by Crippen LogP contribution is -2.21. The summed E-state index contributed by atoms with van der Waals surface area (Å²) in [5, 5.41) is 23.0. The molecule has 7 heteroatoms. The molecule has 1 unspecified atom stereocenters. The van der Waals surface area contributed by atoms with Crippen LogP contribution in [0.25, 0.3) is 0 Å². The summed E-state index contributed by atoms with van der Waals surface area (Å²) in [4.78, 5) is 26.6. The van der Waals surface area contributed by atoms with Crippen molar-refractivity contribution in [3.63, 3.8) is 0 Å². The van der Waals surface area contributed by atoms with Gasteiger partial charge in [0.2, 0.25) is 0 Å². The average Bonchev–Trinajstić information content (AvgIpc) is 2.90. The molecule has 0 radical (unpaired) electrons. The zero-order chi connectivity index (χ0) is 14.7. The van der Waals surface area contributed by atoms with Crippen molar-refractivity contribution in [2.24, 2.45) is 0 Å². The minimum absolute atomic E-state index is 0.140. The van der Waals surface area contributed by atoms with E-state index in [2.05, 4.69) is 10.3 Å². The van der Waals surface area contributed by atoms with E-state index in [0.29, 0.717) is 16.9 Å². The number of carboxylic acids is 1. The molecule has 0 aliphatic heterocycles. The van der Waals surface area contributed by atoms with Crippen LogP contribution in [-0.4, -0.2) is 27.1 Å². The molecular weight excluding hydrogens is 280 g/mol. The molecule has 0 saturated carbocycles. The van der Waals surface area contributed by atoms with Crippen molar-refractivity contribution >= 4 is 29.0 Å². The molecule has 2 rings (SSSR count). The van der Waals surface area contributed by atoms with Gasteiger partial charge < -0.3 is 15.5 Å². The monoisotopic (exact) mass is 292 g/mol. The molecular formula is C13H12N2O4S. The van der Waals surface area contributed by atoms with Gasteiger partial charge >= 0.3 is 5.97 Å². The third kappa shape index (κ3) is 3.01. The number of hydrogen-bond donors (Lipinski definition) is 3. The van der Waals surface area contributed by atoms with Gasteiger partial charge in [-0.3, -0.25) is 4.79 Å². The highest BCUT2D eigenvalue weighted by Crippen LogP contribution is 2.19. The molecule has 6 nitrogen and oxygen atoms in total. The molecule has 1 amide bonds. The summed E-state index contributed by atoms with van der Waals surface area (Å²) in [6.45, 7) is 1.61. The number of carbonyl (C=O) groups is 2. The van der Waals surface area contributed by atoms with Crippen molar-refractivity contribution in [1.29, 1.82) is 0 Å². The maximum absolute atomic E-state index is 11.8. The highest BCUT2D eigenvalue weighted by atomic mass is 32.1. The van der Waals surface area contributed by atoms with E-state index in [1.807, 2.05) is 0 Å². The molecule has 1 aromatic carbocycles. The fourth-order valence-corrected chi connectivity index (χ4v) is 2.20. The Morgan fingerprint density at radius 2 is 2.15 bits per heavy atom. The molecule has 1 atom stereocenters. The Balaban J connectivity index is 2.16. The van der Waals surface area contributed by atoms with E-state index in [4.69, 9.17) is 5.11 Å². The Hall–Kier alpha value is -2.25. The summed E-state index contributed by atoms with van der Waals surface area (Å²) >= 11 is 1.32. The van der Waals surface area contributed by atoms with Crippen LogP contribution in [0.1, 0.15) is 27.6 Å². The number of thiazole rings is 1. The third-order valence-electron chi connectivity index (χ3n) is 2.73. The largest absolute Gasteiger partial charge is 0.478 e. The van der Waals surface area contributed by atoms with Crippen LogP contribution in [0.5, 0.6) is 0 Å². The SMILES string of the molecule is Cc1cc(C(O)C(=O)Nc2cscn2)ccc1C(=O)O. The molecule has 0 spiro atoms. The molecule has 2 aromatic rings. The summed E-state index contributed by atoms with van der Waals surface area (Å²) in [5.74, 6) is -1.29. The summed E-state index contributed by atoms with van der Waals surface area (Å²) in [6, 6.07) is 4.27. The molecule has 1 aromatic heterocycles. The van der Waals surface area contributed by atoms with Gasteiger partial charge in [0.1, 0.15) is 5.82 Å². The second-order valence-electron chi connectivity index (χ2n) is 4.14. The van der Waals surface area contributed by atoms with Gasteiger partial charge in [0, 0.05) is 5.38 Å². The van der Waals surface area contributed by atoms with Gasteiger partial charge in [0.25, 0.3) is 5.91 Å². The van der Waals surface area contributed by atoms with Gasteiger partial charge in [0.05, 0.1) is 11.1 Å². The first kappa shape index (κ1) is 14.2. The van der Waals surface area contributed by atoms with Crippen LogP contribution in [0.3, 0.4) is 0 Å². The number of carboxylic acid groups (broad SMARTS) is 1. The quantitative estimate of drug-likeness (QED) is 0.798. The number of aliphatic hydroxyl groups is 1. The van der Waals surface area contributed by atoms with E-state index >= 15 is 0 Å². The van der Waals surface area contributed by atoms with Crippen LogP contribution >= 0.6 is 11.3 Å². The maximum Gasteiger partial charge on any atom is 0.335 e. The number of benzene rings is 1. The number of anilines is 1. The van der Waals surface area contributed by atoms with Gasteiger partial charge in [-0.1, -0.05) is 12.1 Å². The summed E-state index contributed by atoms with van der Waals surface area (Å²) in [5.41, 5.74) is 2.52. The van der Waals surface area contributed by atoms with Crippen molar-refractivity contribution in [2.75, 3.05) is 5.32 Å². The van der Waals surface area contributed by atoms with Crippen LogP contribution in [0, 0.1) is 6.92 Å². The minimum Gasteiger partial charge on any atom is -0.478 e. The number of aromatic carboxylic acids is 1. The highest BCUT2D eigenvalue weighted by Gasteiger charge is 2.19. The predicted octanol–water partition coefficient (Wildman–Crippen LogP) is 1.82. The van der Waals surface area contributed by atoms with Crippen LogP contribution in [-0.2, 0) is 4.79 Å². The Morgan fingerprint density at radius 1 is 1.40 bits per heavy atom. The Bertz CT molecular complexity index is 640. The summed E-state index contributed by atoms with van der Waals surface area (Å²) in [7, 11) is 0. The number of aliphatic hydroxyl groups excluding tert-OH is 1. The number of carbonyl (C=O) groups excluding carboxylic acids is 1. The predicted molar refractivity (Wildman–Crippen MR) is 73.8 cm³/mol. The summed E-state index contributed by atoms with van der Waals surface area (Å²) in [6.07, 6.45) is -1.38. The molecule has 0 fully saturated rings. The van der Waals surface area contributed by atoms with Gasteiger partial charge in [0.15, 0.2) is 6.10 Å². The maximum atomic E-state index is 11.8. The molecule has 0 aliphatic carbocycles. The standard InChI is InChI=1S/C13H12N2O4S/c1-7-4-8(2-3-9(7)13(18)19)11(16)12(17)15-10-5-20-6-14-10/h2-6,11,16H,1H3,(H,15,17)(H,18,19). The number of nitrogens with zero attached hydrogens (tertiary/aromatic N) is 1. The lowest BCUT2D eigenvalue weighted by atomic mass is 10.0. The smallest absolute Gasteiger partial charge is 0.335 e. The van der Waals surface area contributed by atoms with Crippen molar-refractivity contribution in [2.45, 2.75) is 13.0 Å². The fourth-order valence-electron chi connectivity index (χ4n) is 1.72. The van der Waals surface area contributed by atoms with Gasteiger partial charge in [-0.2, -0.15) is 0 Å². The molecule has 0 aliphatic rings. The van der Waals surface area contributed by atoms with Gasteiger partial charge in [-0.15, -0.1) is 11.3 Å². The topological polar surface area (TPSA) is 99.5 Å². The van der Waals surface area contributed by atoms with Crippen molar-refractivity contribution in [3.05, 3.63) is 45.8 Å². The van der Waals surface area contributed by atoms with Crippen molar-refractivity contribution < 1.29 is 19.8 Å². The zero-order valence-corrected chi connectivity index (χ0v) is 11.3. The van der Waals surface area contributed by atoms with Crippen molar-refractivity contribution in [1.82, 2.24) is 4.98 Å². The van der Waals surface area contributed by atoms with E-state index in [1.54, 1.807) is 17.8 Å². The highest BCUT2D eigenvalue weighted by molar-refractivity contribution is 7.07. The third-order valence-corrected chi connectivity index (χ3v) is 3.32. The Morgan fingerprint density at radius 3 is 2.70 bits per heavy atom. The zero-order valence-electron chi connectivity index (χ0n) is 10.5. The number of nitrogens with one attached hydrogen (secondary N) is 1. The van der Waals surface area contributed by atoms with Crippen LogP contribution in [0.4, 0.5) is 5.82 Å². The molecule has 3 N–H and O–H groups in total. The molecule has 1 heterocycles. The number of hydrogen-bond acceptors (Lipinski definition) is 5. The summed E-state index contributed by atoms with van der Waals surface area (Å²) < 4.78 is 0. The fraction of sp³-hybridized carbons (Fsp3) is 0.154. The number of aromatic nitrogens is 1. The normalized spacial score (nSPS) is 11.9. The minimum atomic E-state index is -1.38.